The second-order valence-electron chi connectivity index (χ2n) is 7.20. The minimum Gasteiger partial charge on any atom is -0.367 e. The van der Waals surface area contributed by atoms with Gasteiger partial charge in [-0.15, -0.1) is 0 Å². The fraction of sp³-hybridized carbons (Fsp3) is 0.550. The molecule has 0 spiro atoms. The molecule has 1 fully saturated rings. The average Bonchev–Trinajstić information content (AvgIpc) is 3.18. The normalized spacial score (nSPS) is 15.4. The third-order valence-corrected chi connectivity index (χ3v) is 5.15. The molecule has 0 aliphatic carbocycles. The summed E-state index contributed by atoms with van der Waals surface area (Å²) < 4.78 is 5.29. The highest BCUT2D eigenvalue weighted by atomic mass is 35.5. The van der Waals surface area contributed by atoms with Gasteiger partial charge in [0.1, 0.15) is 0 Å². The minimum atomic E-state index is 0.291. The van der Waals surface area contributed by atoms with Gasteiger partial charge in [0.15, 0.2) is 11.8 Å². The molecule has 0 amide bonds. The summed E-state index contributed by atoms with van der Waals surface area (Å²) in [6.07, 6.45) is 1.68. The van der Waals surface area contributed by atoms with E-state index in [2.05, 4.69) is 50.2 Å². The first-order valence-electron chi connectivity index (χ1n) is 9.86. The van der Waals surface area contributed by atoms with E-state index in [1.54, 1.807) is 0 Å². The van der Waals surface area contributed by atoms with Crippen LogP contribution in [0.15, 0.2) is 33.8 Å². The van der Waals surface area contributed by atoms with Crippen LogP contribution in [0.2, 0.25) is 5.02 Å². The number of hydrogen-bond donors (Lipinski definition) is 1. The van der Waals surface area contributed by atoms with Crippen LogP contribution in [0.5, 0.6) is 0 Å². The number of nitrogens with one attached hydrogen (secondary N) is 1. The van der Waals surface area contributed by atoms with Gasteiger partial charge in [-0.3, -0.25) is 4.99 Å². The molecule has 0 radical (unpaired) electrons. The molecule has 1 aliphatic rings. The van der Waals surface area contributed by atoms with Crippen molar-refractivity contribution in [3.8, 4) is 0 Å². The Morgan fingerprint density at radius 3 is 2.64 bits per heavy atom. The smallest absolute Gasteiger partial charge is 0.226 e. The average molecular weight is 405 g/mol. The summed E-state index contributed by atoms with van der Waals surface area (Å²) in [6.45, 7) is 8.60. The number of para-hydroxylation sites is 1. The van der Waals surface area contributed by atoms with Gasteiger partial charge in [0, 0.05) is 52.1 Å². The fourth-order valence-electron chi connectivity index (χ4n) is 3.24. The Morgan fingerprint density at radius 2 is 2.00 bits per heavy atom. The molecular weight excluding hydrogens is 376 g/mol. The van der Waals surface area contributed by atoms with Gasteiger partial charge in [-0.2, -0.15) is 4.98 Å². The van der Waals surface area contributed by atoms with Crippen LogP contribution in [0.4, 0.5) is 5.69 Å². The topological polar surface area (TPSA) is 69.8 Å². The Balaban J connectivity index is 1.42. The zero-order valence-electron chi connectivity index (χ0n) is 16.9. The molecule has 1 aliphatic heterocycles. The van der Waals surface area contributed by atoms with E-state index >= 15 is 0 Å². The third kappa shape index (κ3) is 5.16. The van der Waals surface area contributed by atoms with Crippen LogP contribution in [0.25, 0.3) is 0 Å². The quantitative estimate of drug-likeness (QED) is 0.453. The maximum atomic E-state index is 6.33. The van der Waals surface area contributed by atoms with Crippen molar-refractivity contribution in [2.75, 3.05) is 44.7 Å². The first-order valence-corrected chi connectivity index (χ1v) is 10.2. The zero-order chi connectivity index (χ0) is 19.9. The Bertz CT molecular complexity index is 783. The lowest BCUT2D eigenvalue weighted by molar-refractivity contribution is 0.363. The number of nitrogens with zero attached hydrogens (tertiary/aromatic N) is 5. The molecule has 8 heteroatoms. The third-order valence-electron chi connectivity index (χ3n) is 4.83. The molecule has 152 valence electrons. The van der Waals surface area contributed by atoms with Gasteiger partial charge >= 0.3 is 0 Å². The number of aliphatic imine (C=N–C) groups is 1. The molecule has 1 aromatic carbocycles. The van der Waals surface area contributed by atoms with Crippen molar-refractivity contribution in [2.45, 2.75) is 32.6 Å². The largest absolute Gasteiger partial charge is 0.367 e. The molecule has 3 rings (SSSR count). The van der Waals surface area contributed by atoms with Crippen molar-refractivity contribution >= 4 is 23.2 Å². The fourth-order valence-corrected chi connectivity index (χ4v) is 3.50. The number of aromatic nitrogens is 2. The Kier molecular flexibility index (Phi) is 7.14. The number of guanidine groups is 1. The summed E-state index contributed by atoms with van der Waals surface area (Å²) in [5.41, 5.74) is 1.10. The van der Waals surface area contributed by atoms with Crippen LogP contribution >= 0.6 is 11.6 Å². The molecule has 2 aromatic rings. The number of hydrogen-bond acceptors (Lipinski definition) is 5. The van der Waals surface area contributed by atoms with Crippen molar-refractivity contribution in [3.63, 3.8) is 0 Å². The summed E-state index contributed by atoms with van der Waals surface area (Å²) in [4.78, 5) is 13.5. The van der Waals surface area contributed by atoms with E-state index in [1.165, 1.54) is 0 Å². The van der Waals surface area contributed by atoms with Crippen LogP contribution in [-0.2, 0) is 6.42 Å². The molecule has 28 heavy (non-hydrogen) atoms. The van der Waals surface area contributed by atoms with E-state index in [-0.39, 0.29) is 0 Å². The lowest BCUT2D eigenvalue weighted by Crippen LogP contribution is -2.52. The second-order valence-corrected chi connectivity index (χ2v) is 7.61. The number of aryl methyl sites for hydroxylation is 1. The summed E-state index contributed by atoms with van der Waals surface area (Å²) in [6, 6.07) is 8.01. The highest BCUT2D eigenvalue weighted by Crippen LogP contribution is 2.26. The molecule has 0 saturated carbocycles. The van der Waals surface area contributed by atoms with E-state index in [0.717, 1.165) is 68.1 Å². The molecule has 1 aromatic heterocycles. The van der Waals surface area contributed by atoms with Crippen LogP contribution < -0.4 is 10.2 Å². The van der Waals surface area contributed by atoms with Crippen molar-refractivity contribution in [2.24, 2.45) is 4.99 Å². The van der Waals surface area contributed by atoms with E-state index in [9.17, 15) is 0 Å². The predicted octanol–water partition coefficient (Wildman–Crippen LogP) is 3.18. The molecule has 7 nitrogen and oxygen atoms in total. The standard InChI is InChI=1S/C20H29ClN6O/c1-15(2)19-24-18(28-25-19)9-6-10-23-20(22-3)27-13-11-26(12-14-27)17-8-5-4-7-16(17)21/h4-5,7-8,15H,6,9-14H2,1-3H3,(H,22,23). The summed E-state index contributed by atoms with van der Waals surface area (Å²) in [5, 5.41) is 8.26. The first kappa shape index (κ1) is 20.5. The van der Waals surface area contributed by atoms with E-state index in [4.69, 9.17) is 16.1 Å². The molecule has 1 saturated heterocycles. The van der Waals surface area contributed by atoms with E-state index in [1.807, 2.05) is 25.2 Å². The zero-order valence-corrected chi connectivity index (χ0v) is 17.6. The maximum absolute atomic E-state index is 6.33. The minimum absolute atomic E-state index is 0.291. The number of piperazine rings is 1. The lowest BCUT2D eigenvalue weighted by Gasteiger charge is -2.38. The molecule has 0 atom stereocenters. The van der Waals surface area contributed by atoms with Crippen LogP contribution in [0.1, 0.15) is 37.9 Å². The lowest BCUT2D eigenvalue weighted by atomic mass is 10.2. The van der Waals surface area contributed by atoms with Crippen LogP contribution in [0, 0.1) is 0 Å². The summed E-state index contributed by atoms with van der Waals surface area (Å²) >= 11 is 6.33. The predicted molar refractivity (Wildman–Crippen MR) is 113 cm³/mol. The molecule has 0 unspecified atom stereocenters. The summed E-state index contributed by atoms with van der Waals surface area (Å²) in [7, 11) is 1.83. The molecule has 2 heterocycles. The molecule has 0 bridgehead atoms. The SMILES string of the molecule is CN=C(NCCCc1nc(C(C)C)no1)N1CCN(c2ccccc2Cl)CC1. The maximum Gasteiger partial charge on any atom is 0.226 e. The molecular formula is C20H29ClN6O. The highest BCUT2D eigenvalue weighted by Gasteiger charge is 2.21. The first-order chi connectivity index (χ1) is 13.6. The van der Waals surface area contributed by atoms with Gasteiger partial charge < -0.3 is 19.6 Å². The molecule has 1 N–H and O–H groups in total. The van der Waals surface area contributed by atoms with E-state index < -0.39 is 0 Å². The Labute approximate surface area is 171 Å². The van der Waals surface area contributed by atoms with Gasteiger partial charge in [0.2, 0.25) is 5.89 Å². The Morgan fingerprint density at radius 1 is 1.25 bits per heavy atom. The van der Waals surface area contributed by atoms with Gasteiger partial charge in [0.05, 0.1) is 10.7 Å². The monoisotopic (exact) mass is 404 g/mol. The van der Waals surface area contributed by atoms with Gasteiger partial charge in [-0.25, -0.2) is 0 Å². The van der Waals surface area contributed by atoms with Gasteiger partial charge in [-0.05, 0) is 18.6 Å². The number of benzene rings is 1. The summed E-state index contributed by atoms with van der Waals surface area (Å²) in [5.74, 6) is 2.70. The van der Waals surface area contributed by atoms with Crippen LogP contribution in [0.3, 0.4) is 0 Å². The van der Waals surface area contributed by atoms with Gasteiger partial charge in [-0.1, -0.05) is 42.7 Å². The number of halogens is 1. The van der Waals surface area contributed by atoms with Crippen molar-refractivity contribution in [1.29, 1.82) is 0 Å². The van der Waals surface area contributed by atoms with Crippen molar-refractivity contribution in [3.05, 3.63) is 41.0 Å². The number of rotatable bonds is 6. The Hall–Kier alpha value is -2.28. The highest BCUT2D eigenvalue weighted by molar-refractivity contribution is 6.33. The van der Waals surface area contributed by atoms with E-state index in [0.29, 0.717) is 11.8 Å². The second kappa shape index (κ2) is 9.78. The van der Waals surface area contributed by atoms with Gasteiger partial charge in [0.25, 0.3) is 0 Å². The van der Waals surface area contributed by atoms with Crippen molar-refractivity contribution < 1.29 is 4.52 Å². The number of anilines is 1. The van der Waals surface area contributed by atoms with Crippen molar-refractivity contribution in [1.82, 2.24) is 20.4 Å². The van der Waals surface area contributed by atoms with Crippen LogP contribution in [-0.4, -0.2) is 60.8 Å².